The van der Waals surface area contributed by atoms with Gasteiger partial charge in [0.2, 0.25) is 15.9 Å². The molecule has 1 amide bonds. The highest BCUT2D eigenvalue weighted by molar-refractivity contribution is 7.89. The molecule has 6 nitrogen and oxygen atoms in total. The van der Waals surface area contributed by atoms with Gasteiger partial charge in [0.1, 0.15) is 5.75 Å². The number of benzene rings is 2. The van der Waals surface area contributed by atoms with Gasteiger partial charge >= 0.3 is 0 Å². The predicted molar refractivity (Wildman–Crippen MR) is 118 cm³/mol. The monoisotopic (exact) mass is 430 g/mol. The van der Waals surface area contributed by atoms with Crippen LogP contribution < -0.4 is 10.1 Å². The fourth-order valence-electron chi connectivity index (χ4n) is 3.64. The van der Waals surface area contributed by atoms with Gasteiger partial charge < -0.3 is 10.1 Å². The molecule has 7 heteroatoms. The molecule has 2 aromatic rings. The quantitative estimate of drug-likeness (QED) is 0.746. The van der Waals surface area contributed by atoms with E-state index in [0.29, 0.717) is 24.5 Å². The van der Waals surface area contributed by atoms with Crippen LogP contribution in [0.5, 0.6) is 5.75 Å². The third-order valence-electron chi connectivity index (χ3n) is 5.69. The molecule has 0 atom stereocenters. The number of amides is 1. The fraction of sp³-hybridized carbons (Fsp3) is 0.435. The second-order valence-electron chi connectivity index (χ2n) is 8.13. The van der Waals surface area contributed by atoms with Crippen LogP contribution in [-0.2, 0) is 20.2 Å². The van der Waals surface area contributed by atoms with Crippen LogP contribution in [0, 0.1) is 0 Å². The zero-order valence-corrected chi connectivity index (χ0v) is 18.7. The van der Waals surface area contributed by atoms with Crippen LogP contribution in [0.2, 0.25) is 0 Å². The third kappa shape index (κ3) is 4.68. The summed E-state index contributed by atoms with van der Waals surface area (Å²) in [6.07, 6.45) is 3.82. The lowest BCUT2D eigenvalue weighted by atomic mass is 9.83. The van der Waals surface area contributed by atoms with Crippen molar-refractivity contribution in [2.24, 2.45) is 0 Å². The number of sulfonamides is 1. The first-order valence-corrected chi connectivity index (χ1v) is 11.8. The summed E-state index contributed by atoms with van der Waals surface area (Å²) >= 11 is 0. The van der Waals surface area contributed by atoms with E-state index in [2.05, 4.69) is 5.32 Å². The average Bonchev–Trinajstić information content (AvgIpc) is 3.04. The molecule has 3 rings (SSSR count). The molecule has 0 radical (unpaired) electrons. The number of anilines is 1. The molecule has 1 fully saturated rings. The first-order chi connectivity index (χ1) is 14.3. The summed E-state index contributed by atoms with van der Waals surface area (Å²) in [5.41, 5.74) is 0.420. The maximum absolute atomic E-state index is 13.2. The Bertz CT molecular complexity index is 980. The van der Waals surface area contributed by atoms with Gasteiger partial charge in [0.05, 0.1) is 23.1 Å². The van der Waals surface area contributed by atoms with E-state index in [4.69, 9.17) is 4.74 Å². The molecule has 0 bridgehead atoms. The largest absolute Gasteiger partial charge is 0.495 e. The zero-order chi connectivity index (χ0) is 21.8. The van der Waals surface area contributed by atoms with Gasteiger partial charge in [-0.3, -0.25) is 4.79 Å². The second kappa shape index (κ2) is 9.18. The van der Waals surface area contributed by atoms with Gasteiger partial charge in [-0.2, -0.15) is 4.31 Å². The van der Waals surface area contributed by atoms with Crippen molar-refractivity contribution in [3.8, 4) is 5.75 Å². The number of hydrogen-bond donors (Lipinski definition) is 1. The number of carbonyl (C=O) groups is 1. The van der Waals surface area contributed by atoms with Gasteiger partial charge in [-0.25, -0.2) is 8.42 Å². The van der Waals surface area contributed by atoms with Crippen LogP contribution >= 0.6 is 0 Å². The number of nitrogens with zero attached hydrogens (tertiary/aromatic N) is 1. The summed E-state index contributed by atoms with van der Waals surface area (Å²) in [4.78, 5) is 13.2. The number of ether oxygens (including phenoxy) is 1. The molecule has 0 spiro atoms. The lowest BCUT2D eigenvalue weighted by molar-refractivity contribution is -0.120. The Balaban J connectivity index is 1.90. The van der Waals surface area contributed by atoms with E-state index in [0.717, 1.165) is 31.2 Å². The van der Waals surface area contributed by atoms with Gasteiger partial charge in [0, 0.05) is 13.1 Å². The van der Waals surface area contributed by atoms with Crippen molar-refractivity contribution in [3.05, 3.63) is 54.1 Å². The Kier molecular flexibility index (Phi) is 6.83. The van der Waals surface area contributed by atoms with E-state index in [-0.39, 0.29) is 10.8 Å². The summed E-state index contributed by atoms with van der Waals surface area (Å²) in [6, 6.07) is 14.1. The molecule has 0 aromatic heterocycles. The maximum Gasteiger partial charge on any atom is 0.243 e. The maximum atomic E-state index is 13.2. The van der Waals surface area contributed by atoms with Crippen LogP contribution in [0.25, 0.3) is 0 Å². The summed E-state index contributed by atoms with van der Waals surface area (Å²) < 4.78 is 33.3. The molecule has 1 heterocycles. The highest BCUT2D eigenvalue weighted by Crippen LogP contribution is 2.32. The van der Waals surface area contributed by atoms with E-state index >= 15 is 0 Å². The summed E-state index contributed by atoms with van der Waals surface area (Å²) in [6.45, 7) is 4.72. The van der Waals surface area contributed by atoms with Gasteiger partial charge in [0.25, 0.3) is 0 Å². The smallest absolute Gasteiger partial charge is 0.243 e. The lowest BCUT2D eigenvalue weighted by Crippen LogP contribution is -2.35. The molecule has 0 unspecified atom stereocenters. The first kappa shape index (κ1) is 22.3. The Morgan fingerprint density at radius 1 is 1.00 bits per heavy atom. The standard InChI is InChI=1S/C23H30N2O4S/c1-23(2,18-11-7-6-8-12-18)22(26)24-20-17-19(13-14-21(20)29-3)30(27,28)25-15-9-4-5-10-16-25/h6-8,11-14,17H,4-5,9-10,15-16H2,1-3H3,(H,24,26). The van der Waals surface area contributed by atoms with Gasteiger partial charge in [-0.15, -0.1) is 0 Å². The number of rotatable bonds is 6. The minimum Gasteiger partial charge on any atom is -0.495 e. The molecule has 30 heavy (non-hydrogen) atoms. The molecule has 0 saturated carbocycles. The highest BCUT2D eigenvalue weighted by Gasteiger charge is 2.31. The van der Waals surface area contributed by atoms with E-state index in [9.17, 15) is 13.2 Å². The van der Waals surface area contributed by atoms with Crippen LogP contribution in [0.1, 0.15) is 45.1 Å². The van der Waals surface area contributed by atoms with E-state index in [1.807, 2.05) is 44.2 Å². The van der Waals surface area contributed by atoms with Crippen molar-refractivity contribution < 1.29 is 17.9 Å². The molecule has 1 N–H and O–H groups in total. The first-order valence-electron chi connectivity index (χ1n) is 10.3. The molecule has 1 saturated heterocycles. The Morgan fingerprint density at radius 3 is 2.23 bits per heavy atom. The Morgan fingerprint density at radius 2 is 1.63 bits per heavy atom. The topological polar surface area (TPSA) is 75.7 Å². The summed E-state index contributed by atoms with van der Waals surface area (Å²) in [7, 11) is -2.13. The molecule has 162 valence electrons. The van der Waals surface area contributed by atoms with Gasteiger partial charge in [0.15, 0.2) is 0 Å². The number of methoxy groups -OCH3 is 1. The molecular formula is C23H30N2O4S. The average molecular weight is 431 g/mol. The highest BCUT2D eigenvalue weighted by atomic mass is 32.2. The normalized spacial score (nSPS) is 16.0. The van der Waals surface area contributed by atoms with Crippen LogP contribution in [0.15, 0.2) is 53.4 Å². The molecular weight excluding hydrogens is 400 g/mol. The third-order valence-corrected chi connectivity index (χ3v) is 7.58. The van der Waals surface area contributed by atoms with Crippen molar-refractivity contribution in [2.75, 3.05) is 25.5 Å². The van der Waals surface area contributed by atoms with Gasteiger partial charge in [-0.1, -0.05) is 43.2 Å². The Hall–Kier alpha value is -2.38. The van der Waals surface area contributed by atoms with Crippen LogP contribution in [-0.4, -0.2) is 38.8 Å². The van der Waals surface area contributed by atoms with Crippen molar-refractivity contribution >= 4 is 21.6 Å². The van der Waals surface area contributed by atoms with Crippen LogP contribution in [0.4, 0.5) is 5.69 Å². The number of nitrogens with one attached hydrogen (secondary N) is 1. The van der Waals surface area contributed by atoms with Crippen molar-refractivity contribution in [1.29, 1.82) is 0 Å². The minimum atomic E-state index is -3.63. The second-order valence-corrected chi connectivity index (χ2v) is 10.1. The number of carbonyl (C=O) groups excluding carboxylic acids is 1. The molecule has 2 aromatic carbocycles. The van der Waals surface area contributed by atoms with E-state index in [1.54, 1.807) is 10.4 Å². The predicted octanol–water partition coefficient (Wildman–Crippen LogP) is 4.18. The molecule has 1 aliphatic heterocycles. The van der Waals surface area contributed by atoms with Crippen molar-refractivity contribution in [2.45, 2.75) is 49.8 Å². The van der Waals surface area contributed by atoms with Gasteiger partial charge in [-0.05, 0) is 50.5 Å². The summed E-state index contributed by atoms with van der Waals surface area (Å²) in [5.74, 6) is 0.179. The van der Waals surface area contributed by atoms with E-state index in [1.165, 1.54) is 19.2 Å². The number of hydrogen-bond acceptors (Lipinski definition) is 4. The van der Waals surface area contributed by atoms with Crippen molar-refractivity contribution in [3.63, 3.8) is 0 Å². The fourth-order valence-corrected chi connectivity index (χ4v) is 5.18. The minimum absolute atomic E-state index is 0.165. The molecule has 0 aliphatic carbocycles. The lowest BCUT2D eigenvalue weighted by Gasteiger charge is -2.25. The zero-order valence-electron chi connectivity index (χ0n) is 17.8. The van der Waals surface area contributed by atoms with E-state index < -0.39 is 15.4 Å². The summed E-state index contributed by atoms with van der Waals surface area (Å²) in [5, 5.41) is 2.88. The van der Waals surface area contributed by atoms with Crippen molar-refractivity contribution in [1.82, 2.24) is 4.31 Å². The Labute approximate surface area is 179 Å². The molecule has 1 aliphatic rings. The van der Waals surface area contributed by atoms with Crippen LogP contribution in [0.3, 0.4) is 0 Å². The SMILES string of the molecule is COc1ccc(S(=O)(=O)N2CCCCCC2)cc1NC(=O)C(C)(C)c1ccccc1.